The number of nitrogens with one attached hydrogen (secondary N) is 2. The first-order chi connectivity index (χ1) is 10.6. The van der Waals surface area contributed by atoms with Crippen LogP contribution in [0.5, 0.6) is 0 Å². The highest BCUT2D eigenvalue weighted by Gasteiger charge is 2.38. The lowest BCUT2D eigenvalue weighted by atomic mass is 10.1. The van der Waals surface area contributed by atoms with Crippen molar-refractivity contribution in [1.82, 2.24) is 10.2 Å². The van der Waals surface area contributed by atoms with Gasteiger partial charge in [-0.25, -0.2) is 4.39 Å². The molecule has 2 fully saturated rings. The lowest BCUT2D eigenvalue weighted by Crippen LogP contribution is -2.42. The number of hydrogen-bond donors (Lipinski definition) is 2. The molecular formula is C16H21ClFN3O2. The van der Waals surface area contributed by atoms with Crippen LogP contribution >= 0.6 is 12.4 Å². The van der Waals surface area contributed by atoms with Crippen molar-refractivity contribution in [2.75, 3.05) is 18.4 Å². The number of rotatable bonds is 2. The van der Waals surface area contributed by atoms with Crippen LogP contribution in [0, 0.1) is 5.82 Å². The van der Waals surface area contributed by atoms with E-state index < -0.39 is 5.82 Å². The standard InChI is InChI=1S/C16H20FN3O2.ClH/c1-10(21)19-15-8-11(2-5-14(15)17)16(22)20-12-3-4-13(20)9-18-7-6-12;/h2,5,8,12-13,18H,3-4,6-7,9H2,1H3,(H,19,21);1H. The first-order valence-electron chi connectivity index (χ1n) is 7.67. The Morgan fingerprint density at radius 1 is 1.26 bits per heavy atom. The van der Waals surface area contributed by atoms with Crippen LogP contribution in [-0.2, 0) is 4.79 Å². The van der Waals surface area contributed by atoms with E-state index in [4.69, 9.17) is 0 Å². The van der Waals surface area contributed by atoms with E-state index in [1.165, 1.54) is 25.1 Å². The minimum Gasteiger partial charge on any atom is -0.331 e. The fourth-order valence-corrected chi connectivity index (χ4v) is 3.41. The second-order valence-corrected chi connectivity index (χ2v) is 5.97. The van der Waals surface area contributed by atoms with Crippen LogP contribution < -0.4 is 10.6 Å². The highest BCUT2D eigenvalue weighted by Crippen LogP contribution is 2.30. The van der Waals surface area contributed by atoms with Gasteiger partial charge in [0.15, 0.2) is 0 Å². The average Bonchev–Trinajstić information content (AvgIpc) is 2.73. The van der Waals surface area contributed by atoms with E-state index in [-0.39, 0.29) is 42.0 Å². The molecule has 2 unspecified atom stereocenters. The molecule has 2 N–H and O–H groups in total. The second kappa shape index (κ2) is 7.27. The Morgan fingerprint density at radius 2 is 2.00 bits per heavy atom. The smallest absolute Gasteiger partial charge is 0.254 e. The first-order valence-corrected chi connectivity index (χ1v) is 7.67. The van der Waals surface area contributed by atoms with Crippen LogP contribution in [0.4, 0.5) is 10.1 Å². The Bertz CT molecular complexity index is 597. The first kappa shape index (κ1) is 17.7. The van der Waals surface area contributed by atoms with Crippen LogP contribution in [0.15, 0.2) is 18.2 Å². The quantitative estimate of drug-likeness (QED) is 0.866. The van der Waals surface area contributed by atoms with E-state index in [1.807, 2.05) is 4.90 Å². The van der Waals surface area contributed by atoms with Gasteiger partial charge in [0.2, 0.25) is 5.91 Å². The Balaban J connectivity index is 0.00000192. The molecule has 2 aliphatic rings. The van der Waals surface area contributed by atoms with Gasteiger partial charge in [-0.2, -0.15) is 0 Å². The molecule has 0 spiro atoms. The molecule has 0 aliphatic carbocycles. The molecule has 2 amide bonds. The SMILES string of the molecule is CC(=O)Nc1cc(C(=O)N2C3CCNCC2CC3)ccc1F.Cl. The number of carbonyl (C=O) groups excluding carboxylic acids is 2. The average molecular weight is 342 g/mol. The Kier molecular flexibility index (Phi) is 5.59. The van der Waals surface area contributed by atoms with E-state index in [0.717, 1.165) is 32.4 Å². The fourth-order valence-electron chi connectivity index (χ4n) is 3.41. The predicted octanol–water partition coefficient (Wildman–Crippen LogP) is 2.17. The molecular weight excluding hydrogens is 321 g/mol. The van der Waals surface area contributed by atoms with Gasteiger partial charge in [0, 0.05) is 31.1 Å². The summed E-state index contributed by atoms with van der Waals surface area (Å²) in [7, 11) is 0. The number of nitrogens with zero attached hydrogens (tertiary/aromatic N) is 1. The summed E-state index contributed by atoms with van der Waals surface area (Å²) < 4.78 is 13.7. The molecule has 2 atom stereocenters. The minimum absolute atomic E-state index is 0. The number of carbonyl (C=O) groups is 2. The number of benzene rings is 1. The largest absolute Gasteiger partial charge is 0.331 e. The van der Waals surface area contributed by atoms with Crippen LogP contribution in [-0.4, -0.2) is 41.9 Å². The molecule has 5 nitrogen and oxygen atoms in total. The number of amides is 2. The van der Waals surface area contributed by atoms with E-state index in [1.54, 1.807) is 0 Å². The predicted molar refractivity (Wildman–Crippen MR) is 88.4 cm³/mol. The van der Waals surface area contributed by atoms with Gasteiger partial charge in [-0.1, -0.05) is 0 Å². The molecule has 2 heterocycles. The van der Waals surface area contributed by atoms with Crippen molar-refractivity contribution < 1.29 is 14.0 Å². The zero-order valence-electron chi connectivity index (χ0n) is 13.0. The van der Waals surface area contributed by atoms with Crippen molar-refractivity contribution in [3.05, 3.63) is 29.6 Å². The molecule has 0 saturated carbocycles. The molecule has 1 aromatic carbocycles. The van der Waals surface area contributed by atoms with Crippen LogP contribution in [0.2, 0.25) is 0 Å². The summed E-state index contributed by atoms with van der Waals surface area (Å²) in [5.41, 5.74) is 0.475. The zero-order chi connectivity index (χ0) is 15.7. The normalized spacial score (nSPS) is 23.0. The molecule has 2 saturated heterocycles. The molecule has 3 rings (SSSR count). The molecule has 2 aliphatic heterocycles. The lowest BCUT2D eigenvalue weighted by molar-refractivity contribution is -0.114. The van der Waals surface area contributed by atoms with Crippen molar-refractivity contribution in [3.8, 4) is 0 Å². The summed E-state index contributed by atoms with van der Waals surface area (Å²) in [6, 6.07) is 4.60. The Labute approximate surface area is 141 Å². The third-order valence-corrected chi connectivity index (χ3v) is 4.41. The van der Waals surface area contributed by atoms with E-state index >= 15 is 0 Å². The summed E-state index contributed by atoms with van der Waals surface area (Å²) in [5.74, 6) is -0.974. The molecule has 126 valence electrons. The number of fused-ring (bicyclic) bond motifs is 2. The second-order valence-electron chi connectivity index (χ2n) is 5.97. The molecule has 0 aromatic heterocycles. The monoisotopic (exact) mass is 341 g/mol. The zero-order valence-corrected chi connectivity index (χ0v) is 13.8. The van der Waals surface area contributed by atoms with Crippen molar-refractivity contribution in [2.45, 2.75) is 38.3 Å². The topological polar surface area (TPSA) is 61.4 Å². The van der Waals surface area contributed by atoms with E-state index in [2.05, 4.69) is 10.6 Å². The maximum Gasteiger partial charge on any atom is 0.254 e. The van der Waals surface area contributed by atoms with E-state index in [9.17, 15) is 14.0 Å². The maximum atomic E-state index is 13.7. The summed E-state index contributed by atoms with van der Waals surface area (Å²) in [5, 5.41) is 5.78. The summed E-state index contributed by atoms with van der Waals surface area (Å²) >= 11 is 0. The molecule has 7 heteroatoms. The fraction of sp³-hybridized carbons (Fsp3) is 0.500. The van der Waals surface area contributed by atoms with Gasteiger partial charge >= 0.3 is 0 Å². The minimum atomic E-state index is -0.535. The summed E-state index contributed by atoms with van der Waals surface area (Å²) in [4.78, 5) is 25.9. The molecule has 23 heavy (non-hydrogen) atoms. The van der Waals surface area contributed by atoms with Crippen LogP contribution in [0.25, 0.3) is 0 Å². The van der Waals surface area contributed by atoms with Gasteiger partial charge < -0.3 is 15.5 Å². The number of halogens is 2. The van der Waals surface area contributed by atoms with Gasteiger partial charge in [0.1, 0.15) is 5.82 Å². The molecule has 1 aromatic rings. The van der Waals surface area contributed by atoms with Crippen molar-refractivity contribution in [3.63, 3.8) is 0 Å². The van der Waals surface area contributed by atoms with Crippen molar-refractivity contribution >= 4 is 29.9 Å². The van der Waals surface area contributed by atoms with E-state index in [0.29, 0.717) is 5.56 Å². The Hall–Kier alpha value is -1.66. The summed E-state index contributed by atoms with van der Waals surface area (Å²) in [6.07, 6.45) is 2.98. The highest BCUT2D eigenvalue weighted by atomic mass is 35.5. The van der Waals surface area contributed by atoms with Crippen molar-refractivity contribution in [2.24, 2.45) is 0 Å². The Morgan fingerprint density at radius 3 is 2.74 bits per heavy atom. The van der Waals surface area contributed by atoms with Gasteiger partial charge in [0.25, 0.3) is 5.91 Å². The summed E-state index contributed by atoms with van der Waals surface area (Å²) in [6.45, 7) is 3.04. The van der Waals surface area contributed by atoms with Gasteiger partial charge in [-0.15, -0.1) is 12.4 Å². The van der Waals surface area contributed by atoms with Gasteiger partial charge in [0.05, 0.1) is 5.69 Å². The number of anilines is 1. The third kappa shape index (κ3) is 3.64. The molecule has 2 bridgehead atoms. The van der Waals surface area contributed by atoms with Gasteiger partial charge in [-0.3, -0.25) is 9.59 Å². The highest BCUT2D eigenvalue weighted by molar-refractivity contribution is 5.97. The van der Waals surface area contributed by atoms with Crippen LogP contribution in [0.3, 0.4) is 0 Å². The number of hydrogen-bond acceptors (Lipinski definition) is 3. The van der Waals surface area contributed by atoms with Crippen molar-refractivity contribution in [1.29, 1.82) is 0 Å². The lowest BCUT2D eigenvalue weighted by Gasteiger charge is -2.28. The van der Waals surface area contributed by atoms with Crippen LogP contribution in [0.1, 0.15) is 36.5 Å². The van der Waals surface area contributed by atoms with Gasteiger partial charge in [-0.05, 0) is 44.0 Å². The molecule has 0 radical (unpaired) electrons. The third-order valence-electron chi connectivity index (χ3n) is 4.41. The maximum absolute atomic E-state index is 13.7.